The Balaban J connectivity index is 0.000000879. The number of aromatic hydroxyl groups is 1. The number of aromatic nitrogens is 1. The molecule has 0 bridgehead atoms. The van der Waals surface area contributed by atoms with Gasteiger partial charge in [0.1, 0.15) is 12.5 Å². The number of hydrogen-bond acceptors (Lipinski definition) is 7. The maximum absolute atomic E-state index is 10.2. The van der Waals surface area contributed by atoms with Gasteiger partial charge in [-0.2, -0.15) is 0 Å². The number of benzene rings is 2. The van der Waals surface area contributed by atoms with Crippen molar-refractivity contribution in [1.82, 2.24) is 9.88 Å². The molecule has 0 fully saturated rings. The molecule has 1 aromatic heterocycles. The van der Waals surface area contributed by atoms with Gasteiger partial charge in [0, 0.05) is 49.2 Å². The number of H-pyrrole nitrogens is 1. The summed E-state index contributed by atoms with van der Waals surface area (Å²) in [5.74, 6) is 2.19. The van der Waals surface area contributed by atoms with Crippen LogP contribution in [0.3, 0.4) is 0 Å². The fraction of sp³-hybridized carbons (Fsp3) is 0.513. The third-order valence-corrected chi connectivity index (χ3v) is 7.58. The molecule has 1 atom stereocenters. The van der Waals surface area contributed by atoms with Gasteiger partial charge in [-0.15, -0.1) is 0 Å². The highest BCUT2D eigenvalue weighted by Crippen LogP contribution is 2.44. The molecule has 2 heterocycles. The molecule has 262 valence electrons. The standard InChI is InChI=1S/C31H40N2O3.C6H14O.CH4O.CH2O/c1-7-8-17-36-28-14-10-22(18-29(28)35-6)31-30-24(25-19-23(34)11-12-26(25)32-30)15-16-33(31)27(21(4)5)13-9-20(2)3;1-3-5-7-6-4-2;2*1-2/h9-14,18-19,21,31-32,34H,7-8,15-17H2,1-6H3;3-6H2,1-2H3;2H,1H3;1H2/b27-13+;;;. The summed E-state index contributed by atoms with van der Waals surface area (Å²) in [6.45, 7) is 20.6. The van der Waals surface area contributed by atoms with Gasteiger partial charge in [-0.3, -0.25) is 0 Å². The smallest absolute Gasteiger partial charge is 0.161 e. The average Bonchev–Trinajstić information content (AvgIpc) is 3.44. The first-order chi connectivity index (χ1) is 22.7. The number of aliphatic hydroxyl groups excluding tert-OH is 1. The van der Waals surface area contributed by atoms with Crippen molar-refractivity contribution < 1.29 is 29.2 Å². The van der Waals surface area contributed by atoms with E-state index in [1.165, 1.54) is 22.5 Å². The number of phenols is 1. The summed E-state index contributed by atoms with van der Waals surface area (Å²) < 4.78 is 16.9. The Hall–Kier alpha value is -3.75. The van der Waals surface area contributed by atoms with Crippen molar-refractivity contribution in [2.24, 2.45) is 5.92 Å². The average molecular weight is 653 g/mol. The van der Waals surface area contributed by atoms with E-state index in [9.17, 15) is 5.11 Å². The number of rotatable bonds is 13. The second-order valence-electron chi connectivity index (χ2n) is 11.8. The Morgan fingerprint density at radius 3 is 2.23 bits per heavy atom. The number of nitrogens with one attached hydrogen (secondary N) is 1. The fourth-order valence-electron chi connectivity index (χ4n) is 5.46. The molecule has 1 aliphatic heterocycles. The minimum Gasteiger partial charge on any atom is -0.508 e. The Bertz CT molecular complexity index is 1370. The van der Waals surface area contributed by atoms with Gasteiger partial charge >= 0.3 is 0 Å². The number of unbranched alkanes of at least 4 members (excludes halogenated alkanes) is 1. The molecule has 8 nitrogen and oxygen atoms in total. The zero-order valence-corrected chi connectivity index (χ0v) is 30.3. The predicted octanol–water partition coefficient (Wildman–Crippen LogP) is 8.76. The summed E-state index contributed by atoms with van der Waals surface area (Å²) in [7, 11) is 2.70. The molecule has 0 aliphatic carbocycles. The first kappa shape index (κ1) is 41.3. The molecular weight excluding hydrogens is 592 g/mol. The molecule has 2 aromatic carbocycles. The number of methoxy groups -OCH3 is 1. The third kappa shape index (κ3) is 12.1. The van der Waals surface area contributed by atoms with Crippen LogP contribution in [-0.4, -0.2) is 67.5 Å². The summed E-state index contributed by atoms with van der Waals surface area (Å²) in [6.07, 6.45) is 9.76. The summed E-state index contributed by atoms with van der Waals surface area (Å²) in [5.41, 5.74) is 7.22. The second-order valence-corrected chi connectivity index (χ2v) is 11.8. The van der Waals surface area contributed by atoms with E-state index in [0.717, 1.165) is 86.9 Å². The van der Waals surface area contributed by atoms with E-state index in [1.54, 1.807) is 13.2 Å². The van der Waals surface area contributed by atoms with Gasteiger partial charge in [-0.1, -0.05) is 58.8 Å². The molecule has 4 rings (SSSR count). The topological polar surface area (TPSA) is 104 Å². The molecule has 0 spiro atoms. The van der Waals surface area contributed by atoms with Crippen LogP contribution in [0.2, 0.25) is 0 Å². The minimum absolute atomic E-state index is 0.0129. The monoisotopic (exact) mass is 652 g/mol. The van der Waals surface area contributed by atoms with E-state index in [4.69, 9.17) is 24.1 Å². The van der Waals surface area contributed by atoms with Gasteiger partial charge in [0.15, 0.2) is 11.5 Å². The molecule has 0 amide bonds. The number of hydrogen-bond donors (Lipinski definition) is 3. The molecular formula is C39H60N2O6. The van der Waals surface area contributed by atoms with Crippen molar-refractivity contribution in [3.8, 4) is 17.2 Å². The zero-order chi connectivity index (χ0) is 35.4. The summed E-state index contributed by atoms with van der Waals surface area (Å²) >= 11 is 0. The van der Waals surface area contributed by atoms with Crippen LogP contribution in [0, 0.1) is 5.92 Å². The largest absolute Gasteiger partial charge is 0.508 e. The molecule has 0 radical (unpaired) electrons. The lowest BCUT2D eigenvalue weighted by molar-refractivity contribution is -0.0980. The van der Waals surface area contributed by atoms with Crippen LogP contribution in [0.5, 0.6) is 17.2 Å². The number of allylic oxidation sites excluding steroid dienone is 4. The zero-order valence-electron chi connectivity index (χ0n) is 30.3. The van der Waals surface area contributed by atoms with Crippen LogP contribution in [0.1, 0.15) is 97.0 Å². The van der Waals surface area contributed by atoms with Crippen molar-refractivity contribution in [3.05, 3.63) is 76.6 Å². The maximum Gasteiger partial charge on any atom is 0.161 e. The summed E-state index contributed by atoms with van der Waals surface area (Å²) in [5, 5.41) is 18.3. The van der Waals surface area contributed by atoms with Crippen LogP contribution in [0.4, 0.5) is 0 Å². The first-order valence-corrected chi connectivity index (χ1v) is 16.8. The first-order valence-electron chi connectivity index (χ1n) is 16.8. The highest BCUT2D eigenvalue weighted by Gasteiger charge is 2.34. The molecule has 8 heteroatoms. The van der Waals surface area contributed by atoms with Crippen molar-refractivity contribution in [2.45, 2.75) is 86.6 Å². The Morgan fingerprint density at radius 1 is 0.979 bits per heavy atom. The maximum atomic E-state index is 10.2. The highest BCUT2D eigenvalue weighted by molar-refractivity contribution is 5.86. The highest BCUT2D eigenvalue weighted by atomic mass is 16.5. The van der Waals surface area contributed by atoms with Crippen LogP contribution in [0.25, 0.3) is 10.9 Å². The molecule has 1 unspecified atom stereocenters. The number of aromatic amines is 1. The molecule has 0 saturated heterocycles. The van der Waals surface area contributed by atoms with Gasteiger partial charge in [0.05, 0.1) is 19.8 Å². The van der Waals surface area contributed by atoms with E-state index in [1.807, 2.05) is 25.0 Å². The number of ether oxygens (including phenoxy) is 3. The summed E-state index contributed by atoms with van der Waals surface area (Å²) in [4.78, 5) is 14.2. The van der Waals surface area contributed by atoms with Crippen molar-refractivity contribution in [3.63, 3.8) is 0 Å². The van der Waals surface area contributed by atoms with E-state index >= 15 is 0 Å². The number of fused-ring (bicyclic) bond motifs is 3. The SMILES string of the molecule is C=O.CCCCOc1ccc(C2c3[nH]c4ccc(O)cc4c3CCN2/C(=C/C=C(C)C)C(C)C)cc1OC.CCCOCCC.CO. The normalized spacial score (nSPS) is 13.7. The van der Waals surface area contributed by atoms with Crippen molar-refractivity contribution in [1.29, 1.82) is 0 Å². The van der Waals surface area contributed by atoms with Crippen LogP contribution in [-0.2, 0) is 16.0 Å². The van der Waals surface area contributed by atoms with E-state index < -0.39 is 0 Å². The summed E-state index contributed by atoms with van der Waals surface area (Å²) in [6, 6.07) is 11.9. The Morgan fingerprint density at radius 2 is 1.66 bits per heavy atom. The molecule has 47 heavy (non-hydrogen) atoms. The lowest BCUT2D eigenvalue weighted by Gasteiger charge is -2.41. The minimum atomic E-state index is -0.0129. The molecule has 3 N–H and O–H groups in total. The second kappa shape index (κ2) is 22.7. The van der Waals surface area contributed by atoms with Crippen molar-refractivity contribution >= 4 is 17.7 Å². The molecule has 0 saturated carbocycles. The third-order valence-electron chi connectivity index (χ3n) is 7.58. The van der Waals surface area contributed by atoms with Crippen LogP contribution < -0.4 is 9.47 Å². The van der Waals surface area contributed by atoms with Gasteiger partial charge in [0.25, 0.3) is 0 Å². The van der Waals surface area contributed by atoms with Gasteiger partial charge in [-0.05, 0) is 93.0 Å². The van der Waals surface area contributed by atoms with E-state index in [2.05, 4.69) is 82.6 Å². The van der Waals surface area contributed by atoms with E-state index in [0.29, 0.717) is 18.3 Å². The number of carbonyl (C=O) groups excluding carboxylic acids is 1. The Labute approximate surface area is 283 Å². The number of phenolic OH excluding ortho intramolecular Hbond substituents is 1. The van der Waals surface area contributed by atoms with Crippen LogP contribution >= 0.6 is 0 Å². The van der Waals surface area contributed by atoms with Crippen molar-refractivity contribution in [2.75, 3.05) is 40.6 Å². The van der Waals surface area contributed by atoms with Gasteiger partial charge in [-0.25, -0.2) is 0 Å². The lowest BCUT2D eigenvalue weighted by atomic mass is 9.90. The Kier molecular flexibility index (Phi) is 20.0. The lowest BCUT2D eigenvalue weighted by Crippen LogP contribution is -2.37. The van der Waals surface area contributed by atoms with Crippen LogP contribution in [0.15, 0.2) is 59.8 Å². The fourth-order valence-corrected chi connectivity index (χ4v) is 5.46. The van der Waals surface area contributed by atoms with E-state index in [-0.39, 0.29) is 6.04 Å². The number of carbonyl (C=O) groups is 1. The van der Waals surface area contributed by atoms with Gasteiger partial charge in [0.2, 0.25) is 0 Å². The number of nitrogens with zero attached hydrogens (tertiary/aromatic N) is 1. The molecule has 3 aromatic rings. The molecule has 1 aliphatic rings. The van der Waals surface area contributed by atoms with Gasteiger partial charge < -0.3 is 39.1 Å². The predicted molar refractivity (Wildman–Crippen MR) is 195 cm³/mol. The quantitative estimate of drug-likeness (QED) is 0.125. The number of aliphatic hydroxyl groups is 1.